The van der Waals surface area contributed by atoms with Crippen molar-refractivity contribution in [2.75, 3.05) is 5.32 Å². The largest absolute Gasteiger partial charge is 0.355 e. The van der Waals surface area contributed by atoms with Crippen molar-refractivity contribution in [1.29, 1.82) is 0 Å². The molecular weight excluding hydrogens is 494 g/mol. The molecule has 1 nitrogen and oxygen atoms in total. The van der Waals surface area contributed by atoms with E-state index in [0.717, 1.165) is 29.4 Å². The molecule has 0 aromatic heterocycles. The molecule has 5 aromatic carbocycles. The van der Waals surface area contributed by atoms with Crippen LogP contribution in [0.15, 0.2) is 121 Å². The fraction of sp³-hybridized carbons (Fsp3) is 0.250. The first-order valence-corrected chi connectivity index (χ1v) is 15.5. The van der Waals surface area contributed by atoms with Gasteiger partial charge >= 0.3 is 0 Å². The normalized spacial score (nSPS) is 26.6. The summed E-state index contributed by atoms with van der Waals surface area (Å²) in [6.45, 7) is 0. The molecule has 0 heterocycles. The Hall–Kier alpha value is -4.10. The summed E-state index contributed by atoms with van der Waals surface area (Å²) >= 11 is 0. The van der Waals surface area contributed by atoms with Crippen LogP contribution in [0.2, 0.25) is 0 Å². The molecule has 1 N–H and O–H groups in total. The number of fused-ring (bicyclic) bond motifs is 3. The Morgan fingerprint density at radius 1 is 0.463 bits per heavy atom. The van der Waals surface area contributed by atoms with Crippen molar-refractivity contribution in [3.8, 4) is 33.4 Å². The van der Waals surface area contributed by atoms with Gasteiger partial charge < -0.3 is 5.32 Å². The molecule has 4 bridgehead atoms. The second-order valence-corrected chi connectivity index (χ2v) is 13.1. The van der Waals surface area contributed by atoms with Crippen molar-refractivity contribution in [2.45, 2.75) is 37.5 Å². The quantitative estimate of drug-likeness (QED) is 0.244. The first-order chi connectivity index (χ1) is 20.3. The van der Waals surface area contributed by atoms with Crippen molar-refractivity contribution in [1.82, 2.24) is 0 Å². The van der Waals surface area contributed by atoms with Gasteiger partial charge in [-0.2, -0.15) is 0 Å². The third kappa shape index (κ3) is 3.48. The maximum absolute atomic E-state index is 3.86. The summed E-state index contributed by atoms with van der Waals surface area (Å²) in [5.41, 5.74) is 13.7. The smallest absolute Gasteiger partial charge is 0.0467 e. The summed E-state index contributed by atoms with van der Waals surface area (Å²) in [6, 6.07) is 44.9. The summed E-state index contributed by atoms with van der Waals surface area (Å²) < 4.78 is 0. The predicted molar refractivity (Wildman–Crippen MR) is 170 cm³/mol. The lowest BCUT2D eigenvalue weighted by atomic mass is 9.43. The van der Waals surface area contributed by atoms with E-state index in [2.05, 4.69) is 127 Å². The first-order valence-electron chi connectivity index (χ1n) is 15.5. The van der Waals surface area contributed by atoms with Gasteiger partial charge in [-0.3, -0.25) is 0 Å². The average molecular weight is 530 g/mol. The Bertz CT molecular complexity index is 1720. The van der Waals surface area contributed by atoms with Crippen LogP contribution in [0.5, 0.6) is 0 Å². The zero-order valence-corrected chi connectivity index (χ0v) is 23.4. The topological polar surface area (TPSA) is 12.0 Å². The molecule has 0 aliphatic heterocycles. The van der Waals surface area contributed by atoms with Crippen molar-refractivity contribution in [3.05, 3.63) is 132 Å². The molecule has 4 saturated carbocycles. The van der Waals surface area contributed by atoms with Crippen molar-refractivity contribution in [3.63, 3.8) is 0 Å². The Labute approximate surface area is 243 Å². The molecule has 10 rings (SSSR count). The fourth-order valence-corrected chi connectivity index (χ4v) is 9.69. The molecule has 5 aliphatic carbocycles. The number of nitrogens with one attached hydrogen (secondary N) is 1. The van der Waals surface area contributed by atoms with Gasteiger partial charge in [-0.05, 0) is 113 Å². The molecule has 200 valence electrons. The van der Waals surface area contributed by atoms with Crippen LogP contribution in [0.25, 0.3) is 33.4 Å². The van der Waals surface area contributed by atoms with E-state index in [-0.39, 0.29) is 5.41 Å². The summed E-state index contributed by atoms with van der Waals surface area (Å²) in [4.78, 5) is 0. The summed E-state index contributed by atoms with van der Waals surface area (Å²) in [7, 11) is 0. The van der Waals surface area contributed by atoms with Crippen LogP contribution in [-0.2, 0) is 5.41 Å². The highest BCUT2D eigenvalue weighted by Gasteiger charge is 2.61. The number of hydrogen-bond donors (Lipinski definition) is 1. The maximum atomic E-state index is 3.86. The minimum absolute atomic E-state index is 0.215. The Balaban J connectivity index is 1.05. The van der Waals surface area contributed by atoms with Gasteiger partial charge in [0.1, 0.15) is 0 Å². The van der Waals surface area contributed by atoms with E-state index < -0.39 is 0 Å². The molecule has 0 amide bonds. The molecular formula is C40H35N. The van der Waals surface area contributed by atoms with Crippen molar-refractivity contribution in [2.24, 2.45) is 23.7 Å². The van der Waals surface area contributed by atoms with E-state index in [1.807, 2.05) is 0 Å². The van der Waals surface area contributed by atoms with E-state index in [1.54, 1.807) is 11.1 Å². The second-order valence-electron chi connectivity index (χ2n) is 13.1. The van der Waals surface area contributed by atoms with E-state index in [4.69, 9.17) is 0 Å². The number of rotatable bonds is 4. The molecule has 41 heavy (non-hydrogen) atoms. The number of hydrogen-bond acceptors (Lipinski definition) is 1. The standard InChI is InChI=1S/C40H35N/c1-2-7-28(8-3-1)29-13-15-30(16-14-29)31-17-19-34(20-18-31)41-38-12-6-11-37-39(38)35-9-4-5-10-36(35)40(37)32-22-26-21-27(24-32)25-33(40)23-26/h1-20,26-27,32-33,41H,21-25H2. The molecule has 0 unspecified atom stereocenters. The lowest BCUT2D eigenvalue weighted by Crippen LogP contribution is -2.55. The van der Waals surface area contributed by atoms with Crippen molar-refractivity contribution >= 4 is 11.4 Å². The molecule has 1 spiro atoms. The Kier molecular flexibility index (Phi) is 5.15. The molecule has 5 aliphatic rings. The molecule has 0 radical (unpaired) electrons. The second kappa shape index (κ2) is 8.95. The van der Waals surface area contributed by atoms with Gasteiger partial charge in [0.25, 0.3) is 0 Å². The van der Waals surface area contributed by atoms with Gasteiger partial charge in [-0.15, -0.1) is 0 Å². The van der Waals surface area contributed by atoms with E-state index >= 15 is 0 Å². The zero-order chi connectivity index (χ0) is 27.0. The Morgan fingerprint density at radius 2 is 1.00 bits per heavy atom. The van der Waals surface area contributed by atoms with Crippen LogP contribution >= 0.6 is 0 Å². The van der Waals surface area contributed by atoms with Gasteiger partial charge in [0.05, 0.1) is 0 Å². The average Bonchev–Trinajstić information content (AvgIpc) is 3.32. The monoisotopic (exact) mass is 529 g/mol. The minimum atomic E-state index is 0.215. The van der Waals surface area contributed by atoms with Gasteiger partial charge in [-0.1, -0.05) is 103 Å². The number of anilines is 2. The summed E-state index contributed by atoms with van der Waals surface area (Å²) in [5.74, 6) is 3.52. The third-order valence-corrected chi connectivity index (χ3v) is 11.1. The maximum Gasteiger partial charge on any atom is 0.0467 e. The third-order valence-electron chi connectivity index (χ3n) is 11.1. The van der Waals surface area contributed by atoms with Gasteiger partial charge in [0, 0.05) is 22.4 Å². The molecule has 0 saturated heterocycles. The van der Waals surface area contributed by atoms with Crippen molar-refractivity contribution < 1.29 is 0 Å². The molecule has 1 heteroatoms. The van der Waals surface area contributed by atoms with E-state index in [9.17, 15) is 0 Å². The highest BCUT2D eigenvalue weighted by atomic mass is 14.9. The lowest BCUT2D eigenvalue weighted by molar-refractivity contribution is -0.0399. The molecule has 4 fully saturated rings. The first kappa shape index (κ1) is 23.6. The van der Waals surface area contributed by atoms with Crippen LogP contribution < -0.4 is 5.32 Å². The van der Waals surface area contributed by atoms with Crippen LogP contribution in [0.1, 0.15) is 43.2 Å². The van der Waals surface area contributed by atoms with Crippen LogP contribution in [0.4, 0.5) is 11.4 Å². The fourth-order valence-electron chi connectivity index (χ4n) is 9.69. The van der Waals surface area contributed by atoms with Gasteiger partial charge in [-0.25, -0.2) is 0 Å². The van der Waals surface area contributed by atoms with E-state index in [1.165, 1.54) is 71.2 Å². The predicted octanol–water partition coefficient (Wildman–Crippen LogP) is 10.5. The minimum Gasteiger partial charge on any atom is -0.355 e. The lowest BCUT2D eigenvalue weighted by Gasteiger charge is -2.61. The SMILES string of the molecule is c1ccc(-c2ccc(-c3ccc(Nc4cccc5c4-c4ccccc4C54C5CC6CC(C5)CC4C6)cc3)cc2)cc1. The Morgan fingerprint density at radius 3 is 1.66 bits per heavy atom. The van der Waals surface area contributed by atoms with E-state index in [0.29, 0.717) is 0 Å². The summed E-state index contributed by atoms with van der Waals surface area (Å²) in [6.07, 6.45) is 7.18. The summed E-state index contributed by atoms with van der Waals surface area (Å²) in [5, 5.41) is 3.86. The van der Waals surface area contributed by atoms with Crippen LogP contribution in [-0.4, -0.2) is 0 Å². The van der Waals surface area contributed by atoms with Crippen LogP contribution in [0.3, 0.4) is 0 Å². The number of benzene rings is 5. The van der Waals surface area contributed by atoms with Gasteiger partial charge in [0.15, 0.2) is 0 Å². The highest BCUT2D eigenvalue weighted by Crippen LogP contribution is 2.69. The zero-order valence-electron chi connectivity index (χ0n) is 23.4. The molecule has 5 aromatic rings. The van der Waals surface area contributed by atoms with Gasteiger partial charge in [0.2, 0.25) is 0 Å². The highest BCUT2D eigenvalue weighted by molar-refractivity contribution is 5.92. The molecule has 0 atom stereocenters. The van der Waals surface area contributed by atoms with Crippen LogP contribution in [0, 0.1) is 23.7 Å².